The van der Waals surface area contributed by atoms with Gasteiger partial charge in [0.2, 0.25) is 6.41 Å². The van der Waals surface area contributed by atoms with Gasteiger partial charge in [-0.2, -0.15) is 0 Å². The number of hydrogen-bond donors (Lipinski definition) is 1. The summed E-state index contributed by atoms with van der Waals surface area (Å²) >= 11 is 0. The van der Waals surface area contributed by atoms with E-state index in [9.17, 15) is 14.9 Å². The summed E-state index contributed by atoms with van der Waals surface area (Å²) in [4.78, 5) is 24.6. The summed E-state index contributed by atoms with van der Waals surface area (Å²) in [5.41, 5.74) is 1.55. The van der Waals surface area contributed by atoms with E-state index in [2.05, 4.69) is 10.3 Å². The van der Waals surface area contributed by atoms with E-state index in [4.69, 9.17) is 0 Å². The van der Waals surface area contributed by atoms with Crippen LogP contribution in [0.15, 0.2) is 42.7 Å². The van der Waals surface area contributed by atoms with Crippen LogP contribution in [0.1, 0.15) is 0 Å². The molecule has 1 heterocycles. The molecule has 0 spiro atoms. The molecule has 2 aromatic rings. The van der Waals surface area contributed by atoms with Crippen LogP contribution in [0.3, 0.4) is 0 Å². The molecule has 1 amide bonds. The largest absolute Gasteiger partial charge is 0.323 e. The molecule has 0 bridgehead atoms. The predicted octanol–water partition coefficient (Wildman–Crippen LogP) is 2.23. The highest BCUT2D eigenvalue weighted by atomic mass is 16.6. The van der Waals surface area contributed by atoms with E-state index in [0.717, 1.165) is 5.56 Å². The summed E-state index contributed by atoms with van der Waals surface area (Å²) in [6.07, 6.45) is 3.63. The van der Waals surface area contributed by atoms with Gasteiger partial charge in [-0.15, -0.1) is 0 Å². The maximum atomic E-state index is 10.9. The van der Waals surface area contributed by atoms with Gasteiger partial charge in [-0.1, -0.05) is 6.07 Å². The number of hydrogen-bond acceptors (Lipinski definition) is 4. The maximum Gasteiger partial charge on any atom is 0.293 e. The van der Waals surface area contributed by atoms with Gasteiger partial charge in [-0.3, -0.25) is 19.9 Å². The summed E-state index contributed by atoms with van der Waals surface area (Å²) in [6, 6.07) is 8.13. The normalized spacial score (nSPS) is 9.78. The highest BCUT2D eigenvalue weighted by molar-refractivity contribution is 5.81. The highest BCUT2D eigenvalue weighted by Crippen LogP contribution is 2.29. The first-order valence-corrected chi connectivity index (χ1v) is 5.11. The van der Waals surface area contributed by atoms with Crippen LogP contribution in [0.5, 0.6) is 0 Å². The van der Waals surface area contributed by atoms with Crippen molar-refractivity contribution in [1.82, 2.24) is 4.98 Å². The number of nitro benzene ring substituents is 1. The van der Waals surface area contributed by atoms with Crippen molar-refractivity contribution in [2.75, 3.05) is 5.32 Å². The predicted molar refractivity (Wildman–Crippen MR) is 66.0 cm³/mol. The number of rotatable bonds is 4. The number of anilines is 1. The highest BCUT2D eigenvalue weighted by Gasteiger charge is 2.14. The first-order chi connectivity index (χ1) is 8.72. The minimum atomic E-state index is -0.531. The summed E-state index contributed by atoms with van der Waals surface area (Å²) in [5, 5.41) is 13.2. The lowest BCUT2D eigenvalue weighted by molar-refractivity contribution is -0.383. The van der Waals surface area contributed by atoms with Crippen LogP contribution < -0.4 is 5.32 Å². The second kappa shape index (κ2) is 5.05. The Bertz CT molecular complexity index is 584. The fourth-order valence-electron chi connectivity index (χ4n) is 1.59. The average molecular weight is 243 g/mol. The average Bonchev–Trinajstić information content (AvgIpc) is 2.40. The zero-order chi connectivity index (χ0) is 13.0. The SMILES string of the molecule is O=CNc1ccc(-c2ccncc2)cc1[N+](=O)[O-]. The fourth-order valence-corrected chi connectivity index (χ4v) is 1.59. The molecule has 1 aromatic carbocycles. The number of nitro groups is 1. The molecule has 0 radical (unpaired) electrons. The molecule has 0 saturated heterocycles. The molecular formula is C12H9N3O3. The van der Waals surface area contributed by atoms with E-state index in [0.29, 0.717) is 12.0 Å². The van der Waals surface area contributed by atoms with Gasteiger partial charge >= 0.3 is 0 Å². The summed E-state index contributed by atoms with van der Waals surface area (Å²) in [7, 11) is 0. The lowest BCUT2D eigenvalue weighted by Gasteiger charge is -2.04. The molecular weight excluding hydrogens is 234 g/mol. The summed E-state index contributed by atoms with van der Waals surface area (Å²) in [5.74, 6) is 0. The van der Waals surface area contributed by atoms with Crippen molar-refractivity contribution in [2.45, 2.75) is 0 Å². The topological polar surface area (TPSA) is 85.1 Å². The van der Waals surface area contributed by atoms with E-state index in [1.165, 1.54) is 12.1 Å². The molecule has 1 N–H and O–H groups in total. The van der Waals surface area contributed by atoms with Crippen molar-refractivity contribution in [3.8, 4) is 11.1 Å². The molecule has 18 heavy (non-hydrogen) atoms. The first-order valence-electron chi connectivity index (χ1n) is 5.11. The van der Waals surface area contributed by atoms with Crippen LogP contribution in [0, 0.1) is 10.1 Å². The Labute approximate surface area is 102 Å². The Balaban J connectivity index is 2.50. The molecule has 0 fully saturated rings. The number of aromatic nitrogens is 1. The van der Waals surface area contributed by atoms with Crippen molar-refractivity contribution in [1.29, 1.82) is 0 Å². The third kappa shape index (κ3) is 2.32. The molecule has 6 nitrogen and oxygen atoms in total. The minimum absolute atomic E-state index is 0.142. The quantitative estimate of drug-likeness (QED) is 0.507. The molecule has 6 heteroatoms. The Morgan fingerprint density at radius 2 is 1.89 bits per heavy atom. The van der Waals surface area contributed by atoms with E-state index >= 15 is 0 Å². The molecule has 0 atom stereocenters. The van der Waals surface area contributed by atoms with Crippen LogP contribution >= 0.6 is 0 Å². The van der Waals surface area contributed by atoms with Crippen molar-refractivity contribution in [3.63, 3.8) is 0 Å². The molecule has 0 unspecified atom stereocenters. The van der Waals surface area contributed by atoms with Crippen LogP contribution in [-0.4, -0.2) is 16.3 Å². The van der Waals surface area contributed by atoms with Crippen molar-refractivity contribution >= 4 is 17.8 Å². The molecule has 2 rings (SSSR count). The Morgan fingerprint density at radius 1 is 1.17 bits per heavy atom. The molecule has 0 aliphatic carbocycles. The number of carbonyl (C=O) groups is 1. The zero-order valence-electron chi connectivity index (χ0n) is 9.24. The van der Waals surface area contributed by atoms with Crippen molar-refractivity contribution in [3.05, 3.63) is 52.8 Å². The molecule has 90 valence electrons. The summed E-state index contributed by atoms with van der Waals surface area (Å²) < 4.78 is 0. The van der Waals surface area contributed by atoms with Gasteiger partial charge in [-0.25, -0.2) is 0 Å². The number of pyridine rings is 1. The van der Waals surface area contributed by atoms with E-state index < -0.39 is 4.92 Å². The van der Waals surface area contributed by atoms with Crippen LogP contribution in [0.25, 0.3) is 11.1 Å². The van der Waals surface area contributed by atoms with Gasteiger partial charge in [0, 0.05) is 18.5 Å². The lowest BCUT2D eigenvalue weighted by atomic mass is 10.1. The molecule has 0 saturated carbocycles. The zero-order valence-corrected chi connectivity index (χ0v) is 9.24. The second-order valence-electron chi connectivity index (χ2n) is 3.49. The van der Waals surface area contributed by atoms with Crippen molar-refractivity contribution in [2.24, 2.45) is 0 Å². The number of nitrogens with zero attached hydrogens (tertiary/aromatic N) is 2. The van der Waals surface area contributed by atoms with Gasteiger partial charge in [0.1, 0.15) is 5.69 Å². The van der Waals surface area contributed by atoms with Gasteiger partial charge in [0.25, 0.3) is 5.69 Å². The molecule has 1 aromatic heterocycles. The van der Waals surface area contributed by atoms with Crippen molar-refractivity contribution < 1.29 is 9.72 Å². The maximum absolute atomic E-state index is 10.9. The lowest BCUT2D eigenvalue weighted by Crippen LogP contribution is -1.99. The second-order valence-corrected chi connectivity index (χ2v) is 3.49. The van der Waals surface area contributed by atoms with E-state index in [1.54, 1.807) is 30.6 Å². The third-order valence-corrected chi connectivity index (χ3v) is 2.42. The summed E-state index contributed by atoms with van der Waals surface area (Å²) in [6.45, 7) is 0. The van der Waals surface area contributed by atoms with Crippen LogP contribution in [-0.2, 0) is 4.79 Å². The van der Waals surface area contributed by atoms with Crippen LogP contribution in [0.2, 0.25) is 0 Å². The Hall–Kier alpha value is -2.76. The number of carbonyl (C=O) groups excluding carboxylic acids is 1. The number of benzene rings is 1. The van der Waals surface area contributed by atoms with Gasteiger partial charge < -0.3 is 5.32 Å². The monoisotopic (exact) mass is 243 g/mol. The van der Waals surface area contributed by atoms with E-state index in [-0.39, 0.29) is 11.4 Å². The van der Waals surface area contributed by atoms with E-state index in [1.807, 2.05) is 0 Å². The van der Waals surface area contributed by atoms with Gasteiger partial charge in [-0.05, 0) is 29.3 Å². The third-order valence-electron chi connectivity index (χ3n) is 2.42. The molecule has 0 aliphatic rings. The Morgan fingerprint density at radius 3 is 2.50 bits per heavy atom. The van der Waals surface area contributed by atoms with Gasteiger partial charge in [0.15, 0.2) is 0 Å². The Kier molecular flexibility index (Phi) is 3.29. The smallest absolute Gasteiger partial charge is 0.293 e. The number of amides is 1. The van der Waals surface area contributed by atoms with Crippen LogP contribution in [0.4, 0.5) is 11.4 Å². The molecule has 0 aliphatic heterocycles. The number of nitrogens with one attached hydrogen (secondary N) is 1. The fraction of sp³-hybridized carbons (Fsp3) is 0. The van der Waals surface area contributed by atoms with Gasteiger partial charge in [0.05, 0.1) is 4.92 Å². The first kappa shape index (κ1) is 11.7. The standard InChI is InChI=1S/C12H9N3O3/c16-8-14-11-2-1-10(7-12(11)15(17)18)9-3-5-13-6-4-9/h1-8H,(H,14,16). The minimum Gasteiger partial charge on any atom is -0.323 e.